The van der Waals surface area contributed by atoms with Crippen molar-refractivity contribution >= 4 is 11.9 Å². The van der Waals surface area contributed by atoms with E-state index in [9.17, 15) is 9.59 Å². The molecule has 0 aromatic carbocycles. The van der Waals surface area contributed by atoms with Crippen molar-refractivity contribution < 1.29 is 19.4 Å². The normalized spacial score (nSPS) is 6.91. The van der Waals surface area contributed by atoms with Crippen molar-refractivity contribution in [3.8, 4) is 12.3 Å². The van der Waals surface area contributed by atoms with Gasteiger partial charge in [0.1, 0.15) is 6.61 Å². The number of aliphatic carboxylic acids is 1. The molecule has 0 saturated carbocycles. The third-order valence-corrected chi connectivity index (χ3v) is 0.410. The van der Waals surface area contributed by atoms with Gasteiger partial charge >= 0.3 is 5.97 Å². The topological polar surface area (TPSA) is 89.6 Å². The van der Waals surface area contributed by atoms with E-state index in [1.54, 1.807) is 5.92 Å². The number of primary amides is 1. The summed E-state index contributed by atoms with van der Waals surface area (Å²) in [4.78, 5) is 18.8. The number of rotatable bonds is 2. The molecule has 62 valence electrons. The van der Waals surface area contributed by atoms with Crippen molar-refractivity contribution in [2.24, 2.45) is 5.73 Å². The van der Waals surface area contributed by atoms with Crippen LogP contribution in [0.5, 0.6) is 0 Å². The molecule has 0 aliphatic carbocycles. The average Bonchev–Trinajstić information content (AvgIpc) is 1.89. The Labute approximate surface area is 64.1 Å². The SMILES string of the molecule is C#CC(N)=O.COCC(=O)O. The Balaban J connectivity index is 0. The van der Waals surface area contributed by atoms with Gasteiger partial charge in [-0.1, -0.05) is 0 Å². The van der Waals surface area contributed by atoms with Gasteiger partial charge in [-0.05, 0) is 5.92 Å². The van der Waals surface area contributed by atoms with Crippen molar-refractivity contribution in [3.05, 3.63) is 0 Å². The minimum absolute atomic E-state index is 0.208. The van der Waals surface area contributed by atoms with E-state index in [4.69, 9.17) is 5.11 Å². The third-order valence-electron chi connectivity index (χ3n) is 0.410. The van der Waals surface area contributed by atoms with Crippen molar-refractivity contribution in [1.29, 1.82) is 0 Å². The Morgan fingerprint density at radius 2 is 2.09 bits per heavy atom. The van der Waals surface area contributed by atoms with E-state index in [1.165, 1.54) is 7.11 Å². The number of carbonyl (C=O) groups is 2. The number of carboxylic acid groups (broad SMARTS) is 1. The van der Waals surface area contributed by atoms with Gasteiger partial charge in [-0.15, -0.1) is 6.42 Å². The summed E-state index contributed by atoms with van der Waals surface area (Å²) < 4.78 is 4.20. The van der Waals surface area contributed by atoms with E-state index >= 15 is 0 Å². The molecule has 0 saturated heterocycles. The van der Waals surface area contributed by atoms with Crippen LogP contribution >= 0.6 is 0 Å². The Morgan fingerprint density at radius 3 is 2.09 bits per heavy atom. The number of amides is 1. The summed E-state index contributed by atoms with van der Waals surface area (Å²) in [6.45, 7) is -0.208. The minimum atomic E-state index is -0.933. The lowest BCUT2D eigenvalue weighted by molar-refractivity contribution is -0.141. The number of carbonyl (C=O) groups excluding carboxylic acids is 1. The molecule has 0 fully saturated rings. The molecular weight excluding hydrogens is 150 g/mol. The number of ether oxygens (including phenoxy) is 1. The van der Waals surface area contributed by atoms with E-state index in [0.29, 0.717) is 0 Å². The highest BCUT2D eigenvalue weighted by Crippen LogP contribution is 1.61. The van der Waals surface area contributed by atoms with Crippen LogP contribution < -0.4 is 5.73 Å². The van der Waals surface area contributed by atoms with Crippen LogP contribution in [0.2, 0.25) is 0 Å². The Bertz CT molecular complexity index is 170. The highest BCUT2D eigenvalue weighted by molar-refractivity contribution is 5.91. The molecule has 11 heavy (non-hydrogen) atoms. The first-order valence-corrected chi connectivity index (χ1v) is 2.51. The van der Waals surface area contributed by atoms with Gasteiger partial charge in [0.05, 0.1) is 0 Å². The average molecular weight is 159 g/mol. The maximum atomic E-state index is 9.47. The van der Waals surface area contributed by atoms with Gasteiger partial charge < -0.3 is 15.6 Å². The second-order valence-corrected chi connectivity index (χ2v) is 1.34. The van der Waals surface area contributed by atoms with Gasteiger partial charge in [-0.3, -0.25) is 4.79 Å². The van der Waals surface area contributed by atoms with Gasteiger partial charge in [0, 0.05) is 7.11 Å². The van der Waals surface area contributed by atoms with Crippen molar-refractivity contribution in [2.75, 3.05) is 13.7 Å². The van der Waals surface area contributed by atoms with Crippen molar-refractivity contribution in [1.82, 2.24) is 0 Å². The van der Waals surface area contributed by atoms with E-state index in [2.05, 4.69) is 16.9 Å². The largest absolute Gasteiger partial charge is 0.480 e. The van der Waals surface area contributed by atoms with Crippen LogP contribution in [-0.4, -0.2) is 30.7 Å². The number of terminal acetylenes is 1. The van der Waals surface area contributed by atoms with Gasteiger partial charge in [0.2, 0.25) is 0 Å². The smallest absolute Gasteiger partial charge is 0.329 e. The van der Waals surface area contributed by atoms with Crippen molar-refractivity contribution in [2.45, 2.75) is 0 Å². The molecule has 0 aliphatic heterocycles. The molecule has 0 atom stereocenters. The number of carboxylic acids is 1. The Hall–Kier alpha value is -1.54. The Kier molecular flexibility index (Phi) is 9.36. The first-order valence-electron chi connectivity index (χ1n) is 2.51. The molecule has 0 rings (SSSR count). The van der Waals surface area contributed by atoms with Crippen molar-refractivity contribution in [3.63, 3.8) is 0 Å². The summed E-state index contributed by atoms with van der Waals surface area (Å²) >= 11 is 0. The summed E-state index contributed by atoms with van der Waals surface area (Å²) in [5.74, 6) is 0.0162. The third kappa shape index (κ3) is 29.5. The summed E-state index contributed by atoms with van der Waals surface area (Å²) in [6.07, 6.45) is 4.45. The van der Waals surface area contributed by atoms with E-state index in [-0.39, 0.29) is 6.61 Å². The van der Waals surface area contributed by atoms with Gasteiger partial charge in [-0.2, -0.15) is 0 Å². The Morgan fingerprint density at radius 1 is 1.73 bits per heavy atom. The standard InChI is InChI=1S/C3H3NO.C3H6O3/c1-2-3(4)5;1-6-2-3(4)5/h1H,(H2,4,5);2H2,1H3,(H,4,5). The van der Waals surface area contributed by atoms with Gasteiger partial charge in [-0.25, -0.2) is 4.79 Å². The molecule has 0 unspecified atom stereocenters. The lowest BCUT2D eigenvalue weighted by Crippen LogP contribution is -2.05. The zero-order valence-corrected chi connectivity index (χ0v) is 6.03. The first kappa shape index (κ1) is 12.2. The van der Waals surface area contributed by atoms with Gasteiger partial charge in [0.25, 0.3) is 5.91 Å². The molecule has 0 aromatic heterocycles. The number of nitrogens with two attached hydrogens (primary N) is 1. The van der Waals surface area contributed by atoms with Crippen LogP contribution in [0.25, 0.3) is 0 Å². The van der Waals surface area contributed by atoms with E-state index in [0.717, 1.165) is 0 Å². The monoisotopic (exact) mass is 159 g/mol. The zero-order valence-electron chi connectivity index (χ0n) is 6.03. The van der Waals surface area contributed by atoms with Crippen LogP contribution in [0.1, 0.15) is 0 Å². The van der Waals surface area contributed by atoms with Gasteiger partial charge in [0.15, 0.2) is 0 Å². The maximum absolute atomic E-state index is 9.47. The number of hydrogen-bond donors (Lipinski definition) is 2. The highest BCUT2D eigenvalue weighted by Gasteiger charge is 1.87. The fraction of sp³-hybridized carbons (Fsp3) is 0.333. The first-order chi connectivity index (χ1) is 5.04. The second kappa shape index (κ2) is 8.46. The molecule has 0 heterocycles. The quantitative estimate of drug-likeness (QED) is 0.496. The fourth-order valence-corrected chi connectivity index (χ4v) is 0.123. The summed E-state index contributed by atoms with van der Waals surface area (Å²) in [5.41, 5.74) is 4.42. The number of hydrogen-bond acceptors (Lipinski definition) is 3. The predicted molar refractivity (Wildman–Crippen MR) is 37.5 cm³/mol. The molecule has 5 nitrogen and oxygen atoms in total. The summed E-state index contributed by atoms with van der Waals surface area (Å²) in [7, 11) is 1.34. The molecule has 0 aromatic rings. The molecule has 3 N–H and O–H groups in total. The van der Waals surface area contributed by atoms with Crippen LogP contribution in [0.4, 0.5) is 0 Å². The zero-order chi connectivity index (χ0) is 9.28. The predicted octanol–water partition coefficient (Wildman–Crippen LogP) is -1.18. The summed E-state index contributed by atoms with van der Waals surface area (Å²) in [6, 6.07) is 0. The van der Waals surface area contributed by atoms with Crippen LogP contribution in [0.3, 0.4) is 0 Å². The lowest BCUT2D eigenvalue weighted by atomic mass is 10.7. The molecular formula is C6H9NO4. The second-order valence-electron chi connectivity index (χ2n) is 1.34. The molecule has 0 bridgehead atoms. The van der Waals surface area contributed by atoms with Crippen LogP contribution in [0, 0.1) is 12.3 Å². The van der Waals surface area contributed by atoms with Crippen LogP contribution in [0.15, 0.2) is 0 Å². The molecule has 0 spiro atoms. The highest BCUT2D eigenvalue weighted by atomic mass is 16.5. The summed E-state index contributed by atoms with van der Waals surface area (Å²) in [5, 5.41) is 7.79. The fourth-order valence-electron chi connectivity index (χ4n) is 0.123. The van der Waals surface area contributed by atoms with E-state index in [1.807, 2.05) is 0 Å². The lowest BCUT2D eigenvalue weighted by Gasteiger charge is -1.83. The molecule has 5 heteroatoms. The van der Waals surface area contributed by atoms with Crippen LogP contribution in [-0.2, 0) is 14.3 Å². The molecule has 0 aliphatic rings. The minimum Gasteiger partial charge on any atom is -0.480 e. The molecule has 0 radical (unpaired) electrons. The molecule has 1 amide bonds. The number of methoxy groups -OCH3 is 1. The van der Waals surface area contributed by atoms with E-state index < -0.39 is 11.9 Å². The maximum Gasteiger partial charge on any atom is 0.329 e.